The van der Waals surface area contributed by atoms with Crippen molar-refractivity contribution in [1.82, 2.24) is 0 Å². The van der Waals surface area contributed by atoms with Crippen LogP contribution < -0.4 is 0 Å². The number of rotatable bonds is 0. The third-order valence-corrected chi connectivity index (χ3v) is 3.49. The van der Waals surface area contributed by atoms with Gasteiger partial charge in [-0.25, -0.2) is 0 Å². The summed E-state index contributed by atoms with van der Waals surface area (Å²) < 4.78 is 0. The van der Waals surface area contributed by atoms with Crippen LogP contribution in [0.2, 0.25) is 0 Å². The van der Waals surface area contributed by atoms with Gasteiger partial charge in [0.25, 0.3) is 0 Å². The van der Waals surface area contributed by atoms with E-state index in [4.69, 9.17) is 0 Å². The fourth-order valence-electron chi connectivity index (χ4n) is 2.67. The van der Waals surface area contributed by atoms with Crippen molar-refractivity contribution in [2.75, 3.05) is 0 Å². The summed E-state index contributed by atoms with van der Waals surface area (Å²) in [5.41, 5.74) is 5.86. The maximum atomic E-state index is 3.36. The van der Waals surface area contributed by atoms with E-state index in [1.807, 2.05) is 13.8 Å². The van der Waals surface area contributed by atoms with Gasteiger partial charge in [0.1, 0.15) is 0 Å². The molecule has 0 aromatic heterocycles. The molecule has 0 fully saturated rings. The molecule has 21 heavy (non-hydrogen) atoms. The molecule has 2 aromatic carbocycles. The van der Waals surface area contributed by atoms with Crippen molar-refractivity contribution in [2.45, 2.75) is 33.1 Å². The summed E-state index contributed by atoms with van der Waals surface area (Å²) in [7, 11) is 0. The number of allylic oxidation sites excluding steroid dienone is 2. The first-order valence-electron chi connectivity index (χ1n) is 7.38. The topological polar surface area (TPSA) is 0 Å². The first kappa shape index (κ1) is 17.0. The molecular weight excluding hydrogens is 252 g/mol. The molecule has 110 valence electrons. The third-order valence-electron chi connectivity index (χ3n) is 3.49. The minimum atomic E-state index is 0.160. The van der Waals surface area contributed by atoms with Crippen molar-refractivity contribution in [1.29, 1.82) is 0 Å². The van der Waals surface area contributed by atoms with E-state index >= 15 is 0 Å². The molecule has 1 aliphatic rings. The van der Waals surface area contributed by atoms with Crippen LogP contribution in [0.4, 0.5) is 0 Å². The Hall–Kier alpha value is -2.08. The number of hydrogen-bond acceptors (Lipinski definition) is 0. The predicted molar refractivity (Wildman–Crippen MR) is 95.7 cm³/mol. The fraction of sp³-hybridized carbons (Fsp3) is 0.238. The molecule has 1 aliphatic carbocycles. The van der Waals surface area contributed by atoms with Gasteiger partial charge in [0.05, 0.1) is 0 Å². The Morgan fingerprint density at radius 2 is 1.00 bits per heavy atom. The molecule has 0 bridgehead atoms. The Morgan fingerprint density at radius 1 is 0.714 bits per heavy atom. The molecular formula is C21H26. The molecule has 0 saturated carbocycles. The van der Waals surface area contributed by atoms with Crippen molar-refractivity contribution in [3.63, 3.8) is 0 Å². The Kier molecular flexibility index (Phi) is 6.17. The molecule has 0 heteroatoms. The lowest BCUT2D eigenvalue weighted by molar-refractivity contribution is 0.660. The summed E-state index contributed by atoms with van der Waals surface area (Å²) >= 11 is 0. The van der Waals surface area contributed by atoms with Crippen molar-refractivity contribution in [2.24, 2.45) is 0 Å². The van der Waals surface area contributed by atoms with Crippen LogP contribution in [0.1, 0.15) is 38.8 Å². The van der Waals surface area contributed by atoms with Gasteiger partial charge in [0, 0.05) is 5.41 Å². The predicted octanol–water partition coefficient (Wildman–Crippen LogP) is 6.38. The minimum absolute atomic E-state index is 0.160. The maximum Gasteiger partial charge on any atom is 0.0158 e. The highest BCUT2D eigenvalue weighted by Gasteiger charge is 2.34. The number of fused-ring (bicyclic) bond motifs is 3. The van der Waals surface area contributed by atoms with Gasteiger partial charge in [0.15, 0.2) is 0 Å². The summed E-state index contributed by atoms with van der Waals surface area (Å²) in [5.74, 6) is 0. The molecule has 0 N–H and O–H groups in total. The number of hydrogen-bond donors (Lipinski definition) is 0. The lowest BCUT2D eigenvalue weighted by atomic mass is 9.82. The van der Waals surface area contributed by atoms with Gasteiger partial charge >= 0.3 is 0 Å². The van der Waals surface area contributed by atoms with Crippen LogP contribution in [0.3, 0.4) is 0 Å². The smallest absolute Gasteiger partial charge is 0.0158 e. The van der Waals surface area contributed by atoms with Crippen LogP contribution in [0.15, 0.2) is 73.8 Å². The van der Waals surface area contributed by atoms with Gasteiger partial charge in [0.2, 0.25) is 0 Å². The molecule has 0 unspecified atom stereocenters. The van der Waals surface area contributed by atoms with Crippen molar-refractivity contribution >= 4 is 0 Å². The van der Waals surface area contributed by atoms with E-state index in [1.54, 1.807) is 12.2 Å². The van der Waals surface area contributed by atoms with E-state index < -0.39 is 0 Å². The molecule has 0 aliphatic heterocycles. The third kappa shape index (κ3) is 3.52. The van der Waals surface area contributed by atoms with Crippen molar-refractivity contribution < 1.29 is 0 Å². The summed E-state index contributed by atoms with van der Waals surface area (Å²) in [6, 6.07) is 17.4. The summed E-state index contributed by atoms with van der Waals surface area (Å²) in [6.45, 7) is 15.1. The summed E-state index contributed by atoms with van der Waals surface area (Å²) in [6.07, 6.45) is 3.50. The standard InChI is InChI=1S/C15H14.2C3H6/c1-15(2)13-9-5-3-7-11(13)12-8-4-6-10-14(12)15;2*1-3-2/h3-10H,1-2H3;2*3H,1H2,2H3. The first-order chi connectivity index (χ1) is 10.0. The lowest BCUT2D eigenvalue weighted by Gasteiger charge is -2.20. The normalized spacial score (nSPS) is 12.6. The van der Waals surface area contributed by atoms with E-state index in [1.165, 1.54) is 22.3 Å². The second-order valence-electron chi connectivity index (χ2n) is 5.53. The summed E-state index contributed by atoms with van der Waals surface area (Å²) in [4.78, 5) is 0. The summed E-state index contributed by atoms with van der Waals surface area (Å²) in [5, 5.41) is 0. The molecule has 0 saturated heterocycles. The Bertz CT molecular complexity index is 549. The largest absolute Gasteiger partial charge is 0.103 e. The maximum absolute atomic E-state index is 3.36. The Morgan fingerprint density at radius 3 is 1.33 bits per heavy atom. The zero-order valence-electron chi connectivity index (χ0n) is 13.7. The van der Waals surface area contributed by atoms with Crippen LogP contribution in [-0.2, 0) is 5.41 Å². The second-order valence-corrected chi connectivity index (χ2v) is 5.53. The average molecular weight is 278 g/mol. The fourth-order valence-corrected chi connectivity index (χ4v) is 2.67. The van der Waals surface area contributed by atoms with Gasteiger partial charge < -0.3 is 0 Å². The highest BCUT2D eigenvalue weighted by atomic mass is 14.4. The molecule has 2 aromatic rings. The minimum Gasteiger partial charge on any atom is -0.103 e. The van der Waals surface area contributed by atoms with Crippen LogP contribution in [-0.4, -0.2) is 0 Å². The first-order valence-corrected chi connectivity index (χ1v) is 7.38. The molecule has 0 spiro atoms. The SMILES string of the molecule is C=CC.C=CC.CC1(C)c2ccccc2-c2ccccc21. The zero-order chi connectivity index (χ0) is 15.9. The van der Waals surface area contributed by atoms with Gasteiger partial charge in [-0.2, -0.15) is 0 Å². The van der Waals surface area contributed by atoms with Gasteiger partial charge in [-0.1, -0.05) is 74.5 Å². The van der Waals surface area contributed by atoms with Crippen molar-refractivity contribution in [3.05, 3.63) is 85.0 Å². The second kappa shape index (κ2) is 7.64. The van der Waals surface area contributed by atoms with E-state index in [9.17, 15) is 0 Å². The average Bonchev–Trinajstić information content (AvgIpc) is 2.71. The van der Waals surface area contributed by atoms with Crippen LogP contribution in [0.25, 0.3) is 11.1 Å². The van der Waals surface area contributed by atoms with Crippen molar-refractivity contribution in [3.8, 4) is 11.1 Å². The van der Waals surface area contributed by atoms with Crippen LogP contribution >= 0.6 is 0 Å². The molecule has 0 heterocycles. The Labute approximate surface area is 129 Å². The molecule has 3 rings (SSSR count). The molecule has 0 nitrogen and oxygen atoms in total. The molecule has 0 radical (unpaired) electrons. The zero-order valence-corrected chi connectivity index (χ0v) is 13.7. The van der Waals surface area contributed by atoms with E-state index in [-0.39, 0.29) is 5.41 Å². The lowest BCUT2D eigenvalue weighted by Crippen LogP contribution is -2.14. The van der Waals surface area contributed by atoms with E-state index in [2.05, 4.69) is 75.5 Å². The van der Waals surface area contributed by atoms with E-state index in [0.29, 0.717) is 0 Å². The monoisotopic (exact) mass is 278 g/mol. The highest BCUT2D eigenvalue weighted by molar-refractivity contribution is 5.80. The molecule has 0 atom stereocenters. The molecule has 0 amide bonds. The quantitative estimate of drug-likeness (QED) is 0.491. The van der Waals surface area contributed by atoms with Gasteiger partial charge in [-0.3, -0.25) is 0 Å². The van der Waals surface area contributed by atoms with Gasteiger partial charge in [-0.15, -0.1) is 13.2 Å². The van der Waals surface area contributed by atoms with Crippen LogP contribution in [0.5, 0.6) is 0 Å². The highest BCUT2D eigenvalue weighted by Crippen LogP contribution is 2.47. The number of benzene rings is 2. The Balaban J connectivity index is 0.000000321. The van der Waals surface area contributed by atoms with Crippen LogP contribution in [0, 0.1) is 0 Å². The van der Waals surface area contributed by atoms with E-state index in [0.717, 1.165) is 0 Å². The van der Waals surface area contributed by atoms with Gasteiger partial charge in [-0.05, 0) is 36.1 Å².